The number of rotatable bonds is 5. The van der Waals surface area contributed by atoms with E-state index in [2.05, 4.69) is 18.8 Å². The summed E-state index contributed by atoms with van der Waals surface area (Å²) in [7, 11) is 0. The van der Waals surface area contributed by atoms with Crippen LogP contribution in [0.1, 0.15) is 50.9 Å². The number of halogens is 2. The molecule has 24 heavy (non-hydrogen) atoms. The van der Waals surface area contributed by atoms with Crippen LogP contribution in [0.5, 0.6) is 0 Å². The van der Waals surface area contributed by atoms with Gasteiger partial charge < -0.3 is 15.4 Å². The second kappa shape index (κ2) is 9.92. The normalized spacial score (nSPS) is 20.7. The summed E-state index contributed by atoms with van der Waals surface area (Å²) in [6.07, 6.45) is 1.22. The SMILES string of the molecule is CCOC(C)c1nc(CC(=O)N2CCC(N)C(C)(C)C2)cs1.Cl.Cl. The molecule has 2 atom stereocenters. The van der Waals surface area contributed by atoms with Gasteiger partial charge in [0.25, 0.3) is 0 Å². The first-order valence-corrected chi connectivity index (χ1v) is 8.80. The molecule has 1 fully saturated rings. The third kappa shape index (κ3) is 5.85. The van der Waals surface area contributed by atoms with Gasteiger partial charge in [0.05, 0.1) is 12.1 Å². The fourth-order valence-corrected chi connectivity index (χ4v) is 3.59. The van der Waals surface area contributed by atoms with E-state index >= 15 is 0 Å². The van der Waals surface area contributed by atoms with E-state index < -0.39 is 0 Å². The van der Waals surface area contributed by atoms with Crippen molar-refractivity contribution in [2.75, 3.05) is 19.7 Å². The van der Waals surface area contributed by atoms with Gasteiger partial charge in [0.2, 0.25) is 5.91 Å². The number of piperidine rings is 1. The second-order valence-electron chi connectivity index (χ2n) is 6.65. The molecule has 2 N–H and O–H groups in total. The van der Waals surface area contributed by atoms with Gasteiger partial charge in [-0.05, 0) is 25.7 Å². The third-order valence-corrected chi connectivity index (χ3v) is 5.39. The Morgan fingerprint density at radius 3 is 2.79 bits per heavy atom. The first kappa shape index (κ1) is 23.6. The summed E-state index contributed by atoms with van der Waals surface area (Å²) in [6.45, 7) is 10.3. The number of carbonyl (C=O) groups is 1. The lowest BCUT2D eigenvalue weighted by Gasteiger charge is -2.42. The van der Waals surface area contributed by atoms with Crippen molar-refractivity contribution in [1.82, 2.24) is 9.88 Å². The largest absolute Gasteiger partial charge is 0.372 e. The molecule has 1 aliphatic rings. The Balaban J connectivity index is 0.00000264. The number of amides is 1. The molecular weight excluding hydrogens is 369 g/mol. The first-order valence-electron chi connectivity index (χ1n) is 7.92. The van der Waals surface area contributed by atoms with Gasteiger partial charge in [-0.2, -0.15) is 0 Å². The molecule has 0 spiro atoms. The van der Waals surface area contributed by atoms with Crippen LogP contribution in [-0.4, -0.2) is 41.5 Å². The van der Waals surface area contributed by atoms with Gasteiger partial charge in [0.1, 0.15) is 11.1 Å². The lowest BCUT2D eigenvalue weighted by molar-refractivity contribution is -0.133. The Labute approximate surface area is 161 Å². The first-order chi connectivity index (χ1) is 10.3. The van der Waals surface area contributed by atoms with Crippen LogP contribution in [0.25, 0.3) is 0 Å². The van der Waals surface area contributed by atoms with E-state index in [0.717, 1.165) is 30.2 Å². The van der Waals surface area contributed by atoms with E-state index in [0.29, 0.717) is 13.0 Å². The minimum Gasteiger partial charge on any atom is -0.372 e. The van der Waals surface area contributed by atoms with E-state index in [4.69, 9.17) is 10.5 Å². The predicted octanol–water partition coefficient (Wildman–Crippen LogP) is 3.21. The van der Waals surface area contributed by atoms with E-state index in [1.165, 1.54) is 0 Å². The Kier molecular flexibility index (Phi) is 9.76. The summed E-state index contributed by atoms with van der Waals surface area (Å²) in [5.74, 6) is 0.140. The van der Waals surface area contributed by atoms with Crippen molar-refractivity contribution in [2.24, 2.45) is 11.1 Å². The molecule has 2 rings (SSSR count). The number of aromatic nitrogens is 1. The van der Waals surface area contributed by atoms with Crippen LogP contribution in [0, 0.1) is 5.41 Å². The average molecular weight is 398 g/mol. The molecule has 1 aromatic heterocycles. The Morgan fingerprint density at radius 2 is 2.21 bits per heavy atom. The second-order valence-corrected chi connectivity index (χ2v) is 7.54. The maximum Gasteiger partial charge on any atom is 0.228 e. The van der Waals surface area contributed by atoms with Gasteiger partial charge in [0.15, 0.2) is 0 Å². The van der Waals surface area contributed by atoms with Gasteiger partial charge in [0, 0.05) is 31.1 Å². The lowest BCUT2D eigenvalue weighted by atomic mass is 9.79. The molecule has 2 heterocycles. The quantitative estimate of drug-likeness (QED) is 0.827. The zero-order valence-corrected chi connectivity index (χ0v) is 17.2. The van der Waals surface area contributed by atoms with Crippen LogP contribution in [0.15, 0.2) is 5.38 Å². The summed E-state index contributed by atoms with van der Waals surface area (Å²) < 4.78 is 5.54. The van der Waals surface area contributed by atoms with Crippen molar-refractivity contribution >= 4 is 42.1 Å². The molecule has 0 saturated carbocycles. The Hall–Kier alpha value is -0.400. The van der Waals surface area contributed by atoms with Gasteiger partial charge in [-0.25, -0.2) is 4.98 Å². The number of carbonyl (C=O) groups excluding carboxylic acids is 1. The molecule has 2 unspecified atom stereocenters. The summed E-state index contributed by atoms with van der Waals surface area (Å²) in [5.41, 5.74) is 6.94. The summed E-state index contributed by atoms with van der Waals surface area (Å²) in [6, 6.07) is 0.162. The molecule has 0 aliphatic carbocycles. The molecule has 1 amide bonds. The molecule has 0 bridgehead atoms. The number of nitrogens with two attached hydrogens (primary N) is 1. The lowest BCUT2D eigenvalue weighted by Crippen LogP contribution is -2.54. The van der Waals surface area contributed by atoms with Crippen LogP contribution in [-0.2, 0) is 16.0 Å². The highest BCUT2D eigenvalue weighted by molar-refractivity contribution is 7.09. The van der Waals surface area contributed by atoms with Gasteiger partial charge in [-0.1, -0.05) is 13.8 Å². The van der Waals surface area contributed by atoms with Crippen LogP contribution in [0.3, 0.4) is 0 Å². The number of hydrogen-bond acceptors (Lipinski definition) is 5. The molecule has 1 saturated heterocycles. The summed E-state index contributed by atoms with van der Waals surface area (Å²) in [4.78, 5) is 18.9. The fourth-order valence-electron chi connectivity index (χ4n) is 2.77. The van der Waals surface area contributed by atoms with Crippen molar-refractivity contribution in [3.8, 4) is 0 Å². The fraction of sp³-hybridized carbons (Fsp3) is 0.750. The molecule has 1 aromatic rings. The molecule has 140 valence electrons. The van der Waals surface area contributed by atoms with Crippen molar-refractivity contribution < 1.29 is 9.53 Å². The molecule has 1 aliphatic heterocycles. The number of thiazole rings is 1. The summed E-state index contributed by atoms with van der Waals surface area (Å²) >= 11 is 1.56. The van der Waals surface area contributed by atoms with Gasteiger partial charge in [-0.15, -0.1) is 36.2 Å². The van der Waals surface area contributed by atoms with E-state index in [9.17, 15) is 4.79 Å². The third-order valence-electron chi connectivity index (χ3n) is 4.33. The van der Waals surface area contributed by atoms with Crippen molar-refractivity contribution in [3.05, 3.63) is 16.1 Å². The molecular formula is C16H29Cl2N3O2S. The van der Waals surface area contributed by atoms with Crippen LogP contribution in [0.4, 0.5) is 0 Å². The average Bonchev–Trinajstić information content (AvgIpc) is 2.90. The molecule has 0 radical (unpaired) electrons. The minimum atomic E-state index is -0.0232. The minimum absolute atomic E-state index is 0. The van der Waals surface area contributed by atoms with Crippen molar-refractivity contribution in [3.63, 3.8) is 0 Å². The summed E-state index contributed by atoms with van der Waals surface area (Å²) in [5, 5.41) is 2.90. The van der Waals surface area contributed by atoms with E-state index in [1.54, 1.807) is 11.3 Å². The van der Waals surface area contributed by atoms with Crippen molar-refractivity contribution in [1.29, 1.82) is 0 Å². The van der Waals surface area contributed by atoms with E-state index in [1.807, 2.05) is 24.1 Å². The molecule has 0 aromatic carbocycles. The maximum absolute atomic E-state index is 12.5. The van der Waals surface area contributed by atoms with E-state index in [-0.39, 0.29) is 48.3 Å². The predicted molar refractivity (Wildman–Crippen MR) is 103 cm³/mol. The van der Waals surface area contributed by atoms with Crippen LogP contribution in [0.2, 0.25) is 0 Å². The Morgan fingerprint density at radius 1 is 1.54 bits per heavy atom. The molecule has 5 nitrogen and oxygen atoms in total. The highest BCUT2D eigenvalue weighted by Gasteiger charge is 2.35. The highest BCUT2D eigenvalue weighted by Crippen LogP contribution is 2.28. The topological polar surface area (TPSA) is 68.5 Å². The standard InChI is InChI=1S/C16H27N3O2S.2ClH/c1-5-21-11(2)15-18-12(9-22-15)8-14(20)19-7-6-13(17)16(3,4)10-19;;/h9,11,13H,5-8,10,17H2,1-4H3;2*1H. The van der Waals surface area contributed by atoms with Crippen molar-refractivity contribution in [2.45, 2.75) is 52.7 Å². The Bertz CT molecular complexity index is 525. The van der Waals surface area contributed by atoms with Crippen LogP contribution >= 0.6 is 36.2 Å². The maximum atomic E-state index is 12.5. The highest BCUT2D eigenvalue weighted by atomic mass is 35.5. The van der Waals surface area contributed by atoms with Gasteiger partial charge in [-0.3, -0.25) is 4.79 Å². The number of nitrogens with zero attached hydrogens (tertiary/aromatic N) is 2. The zero-order valence-electron chi connectivity index (χ0n) is 14.8. The van der Waals surface area contributed by atoms with Crippen LogP contribution < -0.4 is 5.73 Å². The number of ether oxygens (including phenoxy) is 1. The number of likely N-dealkylation sites (tertiary alicyclic amines) is 1. The number of hydrogen-bond donors (Lipinski definition) is 1. The zero-order chi connectivity index (χ0) is 16.3. The monoisotopic (exact) mass is 397 g/mol. The smallest absolute Gasteiger partial charge is 0.228 e. The molecule has 8 heteroatoms. The van der Waals surface area contributed by atoms with Gasteiger partial charge >= 0.3 is 0 Å².